The zero-order valence-corrected chi connectivity index (χ0v) is 13.0. The van der Waals surface area contributed by atoms with Crippen LogP contribution in [0.4, 0.5) is 4.39 Å². The summed E-state index contributed by atoms with van der Waals surface area (Å²) < 4.78 is 18.7. The van der Waals surface area contributed by atoms with Gasteiger partial charge in [-0.15, -0.1) is 0 Å². The molecule has 1 amide bonds. The molecule has 0 spiro atoms. The minimum absolute atomic E-state index is 0.100. The number of aromatic carboxylic acids is 1. The summed E-state index contributed by atoms with van der Waals surface area (Å²) in [5.74, 6) is -1.49. The summed E-state index contributed by atoms with van der Waals surface area (Å²) in [7, 11) is 0. The van der Waals surface area contributed by atoms with Crippen LogP contribution in [0.25, 0.3) is 0 Å². The van der Waals surface area contributed by atoms with E-state index in [0.717, 1.165) is 12.8 Å². The van der Waals surface area contributed by atoms with E-state index in [-0.39, 0.29) is 24.0 Å². The van der Waals surface area contributed by atoms with Gasteiger partial charge in [-0.1, -0.05) is 25.0 Å². The van der Waals surface area contributed by atoms with Crippen molar-refractivity contribution in [1.82, 2.24) is 5.32 Å². The highest BCUT2D eigenvalue weighted by Crippen LogP contribution is 2.41. The third-order valence-electron chi connectivity index (χ3n) is 4.56. The second kappa shape index (κ2) is 6.47. The second-order valence-corrected chi connectivity index (χ2v) is 6.05. The van der Waals surface area contributed by atoms with Crippen LogP contribution in [-0.2, 0) is 16.8 Å². The summed E-state index contributed by atoms with van der Waals surface area (Å²) in [5, 5.41) is 11.7. The van der Waals surface area contributed by atoms with Crippen molar-refractivity contribution in [2.75, 3.05) is 0 Å². The number of rotatable bonds is 5. The van der Waals surface area contributed by atoms with Gasteiger partial charge in [-0.3, -0.25) is 4.79 Å². The lowest BCUT2D eigenvalue weighted by molar-refractivity contribution is -0.126. The number of hydrogen-bond donors (Lipinski definition) is 2. The number of nitrogens with one attached hydrogen (secondary N) is 1. The number of carbonyl (C=O) groups excluding carboxylic acids is 1. The first kappa shape index (κ1) is 16.2. The van der Waals surface area contributed by atoms with Crippen molar-refractivity contribution in [1.29, 1.82) is 0 Å². The molecule has 0 radical (unpaired) electrons. The highest BCUT2D eigenvalue weighted by molar-refractivity contribution is 5.88. The van der Waals surface area contributed by atoms with E-state index < -0.39 is 11.4 Å². The minimum atomic E-state index is -1.15. The molecule has 0 saturated heterocycles. The van der Waals surface area contributed by atoms with E-state index >= 15 is 0 Å². The molecule has 1 heterocycles. The first-order valence-electron chi connectivity index (χ1n) is 7.88. The predicted molar refractivity (Wildman–Crippen MR) is 84.1 cm³/mol. The molecular weight excluding hydrogens is 313 g/mol. The van der Waals surface area contributed by atoms with E-state index in [1.807, 2.05) is 0 Å². The Morgan fingerprint density at radius 3 is 2.58 bits per heavy atom. The van der Waals surface area contributed by atoms with Gasteiger partial charge < -0.3 is 14.8 Å². The van der Waals surface area contributed by atoms with Crippen LogP contribution < -0.4 is 5.32 Å². The molecule has 2 N–H and O–H groups in total. The van der Waals surface area contributed by atoms with E-state index in [2.05, 4.69) is 5.32 Å². The Hall–Kier alpha value is -2.63. The molecule has 1 fully saturated rings. The van der Waals surface area contributed by atoms with Gasteiger partial charge in [0.05, 0.1) is 12.0 Å². The molecule has 5 nitrogen and oxygen atoms in total. The van der Waals surface area contributed by atoms with Gasteiger partial charge in [0.2, 0.25) is 11.7 Å². The van der Waals surface area contributed by atoms with Crippen molar-refractivity contribution in [2.45, 2.75) is 37.6 Å². The van der Waals surface area contributed by atoms with Crippen molar-refractivity contribution < 1.29 is 23.5 Å². The zero-order valence-electron chi connectivity index (χ0n) is 13.0. The Balaban J connectivity index is 1.76. The Kier molecular flexibility index (Phi) is 4.38. The average Bonchev–Trinajstić information content (AvgIpc) is 3.23. The summed E-state index contributed by atoms with van der Waals surface area (Å²) >= 11 is 0. The molecule has 6 heteroatoms. The van der Waals surface area contributed by atoms with Crippen molar-refractivity contribution in [2.24, 2.45) is 0 Å². The van der Waals surface area contributed by atoms with Crippen LogP contribution in [0, 0.1) is 5.82 Å². The summed E-state index contributed by atoms with van der Waals surface area (Å²) in [6.07, 6.45) is 3.16. The Morgan fingerprint density at radius 1 is 1.21 bits per heavy atom. The Bertz CT molecular complexity index is 762. The van der Waals surface area contributed by atoms with Gasteiger partial charge in [-0.2, -0.15) is 0 Å². The van der Waals surface area contributed by atoms with Crippen molar-refractivity contribution in [3.8, 4) is 0 Å². The fourth-order valence-electron chi connectivity index (χ4n) is 3.34. The first-order chi connectivity index (χ1) is 11.5. The van der Waals surface area contributed by atoms with Crippen LogP contribution >= 0.6 is 0 Å². The summed E-state index contributed by atoms with van der Waals surface area (Å²) in [6.45, 7) is 0.100. The van der Waals surface area contributed by atoms with Gasteiger partial charge in [0, 0.05) is 0 Å². The monoisotopic (exact) mass is 331 g/mol. The summed E-state index contributed by atoms with van der Waals surface area (Å²) in [6, 6.07) is 9.04. The lowest BCUT2D eigenvalue weighted by Crippen LogP contribution is -2.42. The second-order valence-electron chi connectivity index (χ2n) is 6.05. The van der Waals surface area contributed by atoms with E-state index in [1.54, 1.807) is 12.1 Å². The number of furan rings is 1. The number of carboxylic acid groups (broad SMARTS) is 1. The lowest BCUT2D eigenvalue weighted by atomic mass is 9.78. The van der Waals surface area contributed by atoms with Crippen molar-refractivity contribution in [3.05, 3.63) is 59.3 Å². The number of carbonyl (C=O) groups is 2. The van der Waals surface area contributed by atoms with Gasteiger partial charge in [0.15, 0.2) is 0 Å². The highest BCUT2D eigenvalue weighted by atomic mass is 19.1. The van der Waals surface area contributed by atoms with Gasteiger partial charge in [0.1, 0.15) is 11.6 Å². The minimum Gasteiger partial charge on any atom is -0.475 e. The maximum Gasteiger partial charge on any atom is 0.371 e. The van der Waals surface area contributed by atoms with Crippen LogP contribution in [0.15, 0.2) is 40.8 Å². The molecule has 1 aliphatic rings. The zero-order chi connectivity index (χ0) is 17.2. The molecule has 1 saturated carbocycles. The van der Waals surface area contributed by atoms with Crippen LogP contribution in [0.5, 0.6) is 0 Å². The molecular formula is C18H18FNO4. The normalized spacial score (nSPS) is 16.0. The number of amides is 1. The number of hydrogen-bond acceptors (Lipinski definition) is 3. The summed E-state index contributed by atoms with van der Waals surface area (Å²) in [5.41, 5.74) is -0.0483. The predicted octanol–water partition coefficient (Wildman–Crippen LogP) is 3.25. The third-order valence-corrected chi connectivity index (χ3v) is 4.56. The molecule has 0 atom stereocenters. The highest BCUT2D eigenvalue weighted by Gasteiger charge is 2.42. The van der Waals surface area contributed by atoms with E-state index in [4.69, 9.17) is 9.52 Å². The standard InChI is InChI=1S/C18H18FNO4/c19-13-5-3-4-12(10-13)18(8-1-2-9-18)17(23)20-11-14-6-7-15(24-14)16(21)22/h3-7,10H,1-2,8-9,11H2,(H,20,23)(H,21,22). The van der Waals surface area contributed by atoms with Crippen LogP contribution in [0.2, 0.25) is 0 Å². The molecule has 1 aromatic heterocycles. The van der Waals surface area contributed by atoms with Gasteiger partial charge in [-0.25, -0.2) is 9.18 Å². The molecule has 24 heavy (non-hydrogen) atoms. The maximum atomic E-state index is 13.6. The molecule has 126 valence electrons. The van der Waals surface area contributed by atoms with Gasteiger partial charge >= 0.3 is 5.97 Å². The van der Waals surface area contributed by atoms with E-state index in [0.29, 0.717) is 24.2 Å². The Morgan fingerprint density at radius 2 is 1.96 bits per heavy atom. The van der Waals surface area contributed by atoms with Crippen molar-refractivity contribution >= 4 is 11.9 Å². The molecule has 1 aromatic carbocycles. The smallest absolute Gasteiger partial charge is 0.371 e. The molecule has 1 aliphatic carbocycles. The molecule has 0 bridgehead atoms. The SMILES string of the molecule is O=C(O)c1ccc(CNC(=O)C2(c3cccc(F)c3)CCCC2)o1. The number of carboxylic acids is 1. The topological polar surface area (TPSA) is 79.5 Å². The number of halogens is 1. The lowest BCUT2D eigenvalue weighted by Gasteiger charge is -2.28. The third kappa shape index (κ3) is 3.04. The van der Waals surface area contributed by atoms with Crippen LogP contribution in [0.3, 0.4) is 0 Å². The molecule has 3 rings (SSSR count). The quantitative estimate of drug-likeness (QED) is 0.881. The maximum absolute atomic E-state index is 13.6. The van der Waals surface area contributed by atoms with E-state index in [9.17, 15) is 14.0 Å². The number of benzene rings is 1. The van der Waals surface area contributed by atoms with Crippen LogP contribution in [0.1, 0.15) is 47.6 Å². The molecule has 0 unspecified atom stereocenters. The Labute approximate surface area is 138 Å². The first-order valence-corrected chi connectivity index (χ1v) is 7.88. The fourth-order valence-corrected chi connectivity index (χ4v) is 3.34. The van der Waals surface area contributed by atoms with E-state index in [1.165, 1.54) is 24.3 Å². The average molecular weight is 331 g/mol. The molecule has 2 aromatic rings. The van der Waals surface area contributed by atoms with Gasteiger partial charge in [0.25, 0.3) is 0 Å². The van der Waals surface area contributed by atoms with Crippen molar-refractivity contribution in [3.63, 3.8) is 0 Å². The fraction of sp³-hybridized carbons (Fsp3) is 0.333. The van der Waals surface area contributed by atoms with Crippen LogP contribution in [-0.4, -0.2) is 17.0 Å². The largest absolute Gasteiger partial charge is 0.475 e. The summed E-state index contributed by atoms with van der Waals surface area (Å²) in [4.78, 5) is 23.6. The van der Waals surface area contributed by atoms with Gasteiger partial charge in [-0.05, 0) is 42.7 Å². The molecule has 0 aliphatic heterocycles.